The quantitative estimate of drug-likeness (QED) is 0.808. The van der Waals surface area contributed by atoms with Gasteiger partial charge in [-0.15, -0.1) is 0 Å². The summed E-state index contributed by atoms with van der Waals surface area (Å²) < 4.78 is 11.6. The molecular formula is C16H20O4. The van der Waals surface area contributed by atoms with Crippen molar-refractivity contribution in [2.75, 3.05) is 6.61 Å². The van der Waals surface area contributed by atoms with E-state index in [1.54, 1.807) is 6.08 Å². The van der Waals surface area contributed by atoms with Crippen LogP contribution in [0.1, 0.15) is 38.2 Å². The zero-order valence-corrected chi connectivity index (χ0v) is 11.7. The number of carbonyl (C=O) groups is 1. The van der Waals surface area contributed by atoms with E-state index in [0.29, 0.717) is 18.1 Å². The summed E-state index contributed by atoms with van der Waals surface area (Å²) in [6.07, 6.45) is 7.32. The van der Waals surface area contributed by atoms with Crippen LogP contribution in [0.4, 0.5) is 0 Å². The highest BCUT2D eigenvalue weighted by Gasteiger charge is 2.20. The fraction of sp³-hybridized carbons (Fsp3) is 0.438. The van der Waals surface area contributed by atoms with Crippen LogP contribution in [-0.4, -0.2) is 23.8 Å². The molecule has 0 aromatic heterocycles. The van der Waals surface area contributed by atoms with Crippen molar-refractivity contribution in [3.05, 3.63) is 29.8 Å². The number of aliphatic carboxylic acids is 1. The molecule has 20 heavy (non-hydrogen) atoms. The number of rotatable bonds is 6. The zero-order valence-electron chi connectivity index (χ0n) is 11.7. The van der Waals surface area contributed by atoms with Gasteiger partial charge >= 0.3 is 5.97 Å². The Morgan fingerprint density at radius 1 is 1.40 bits per heavy atom. The van der Waals surface area contributed by atoms with Crippen LogP contribution >= 0.6 is 0 Å². The van der Waals surface area contributed by atoms with Gasteiger partial charge in [-0.2, -0.15) is 0 Å². The average Bonchev–Trinajstić information content (AvgIpc) is 2.92. The molecule has 4 nitrogen and oxygen atoms in total. The molecular weight excluding hydrogens is 256 g/mol. The van der Waals surface area contributed by atoms with Crippen LogP contribution < -0.4 is 9.47 Å². The fourth-order valence-corrected chi connectivity index (χ4v) is 2.39. The van der Waals surface area contributed by atoms with Crippen LogP contribution in [0.2, 0.25) is 0 Å². The summed E-state index contributed by atoms with van der Waals surface area (Å²) >= 11 is 0. The molecule has 0 spiro atoms. The molecule has 0 amide bonds. The Hall–Kier alpha value is -1.97. The van der Waals surface area contributed by atoms with E-state index in [4.69, 9.17) is 14.6 Å². The zero-order chi connectivity index (χ0) is 14.4. The van der Waals surface area contributed by atoms with Crippen molar-refractivity contribution in [2.45, 2.75) is 38.7 Å². The van der Waals surface area contributed by atoms with E-state index in [-0.39, 0.29) is 6.10 Å². The van der Waals surface area contributed by atoms with Crippen molar-refractivity contribution in [1.29, 1.82) is 0 Å². The topological polar surface area (TPSA) is 55.8 Å². The number of para-hydroxylation sites is 1. The van der Waals surface area contributed by atoms with Gasteiger partial charge in [-0.25, -0.2) is 4.79 Å². The maximum Gasteiger partial charge on any atom is 0.328 e. The number of carboxylic acids is 1. The Balaban J connectivity index is 2.28. The highest BCUT2D eigenvalue weighted by Crippen LogP contribution is 2.35. The molecule has 0 unspecified atom stereocenters. The molecule has 2 rings (SSSR count). The Bertz CT molecular complexity index is 487. The van der Waals surface area contributed by atoms with Crippen molar-refractivity contribution >= 4 is 12.0 Å². The van der Waals surface area contributed by atoms with Crippen LogP contribution in [0, 0.1) is 0 Å². The highest BCUT2D eigenvalue weighted by atomic mass is 16.5. The van der Waals surface area contributed by atoms with Crippen LogP contribution in [0.3, 0.4) is 0 Å². The van der Waals surface area contributed by atoms with Crippen molar-refractivity contribution < 1.29 is 19.4 Å². The maximum atomic E-state index is 10.7. The van der Waals surface area contributed by atoms with Crippen LogP contribution in [0.15, 0.2) is 24.3 Å². The Morgan fingerprint density at radius 3 is 2.80 bits per heavy atom. The number of ether oxygens (including phenoxy) is 2. The normalized spacial score (nSPS) is 15.7. The minimum Gasteiger partial charge on any atom is -0.490 e. The first-order chi connectivity index (χ1) is 9.70. The largest absolute Gasteiger partial charge is 0.490 e. The molecule has 1 aliphatic rings. The fourth-order valence-electron chi connectivity index (χ4n) is 2.39. The molecule has 0 bridgehead atoms. The van der Waals surface area contributed by atoms with E-state index in [1.165, 1.54) is 12.8 Å². The first-order valence-corrected chi connectivity index (χ1v) is 7.04. The summed E-state index contributed by atoms with van der Waals surface area (Å²) in [5.41, 5.74) is 0.741. The van der Waals surface area contributed by atoms with Gasteiger partial charge in [0.2, 0.25) is 0 Å². The lowest BCUT2D eigenvalue weighted by atomic mass is 10.1. The monoisotopic (exact) mass is 276 g/mol. The van der Waals surface area contributed by atoms with E-state index in [0.717, 1.165) is 24.5 Å². The molecule has 1 saturated carbocycles. The van der Waals surface area contributed by atoms with E-state index in [1.807, 2.05) is 25.1 Å². The van der Waals surface area contributed by atoms with Crippen molar-refractivity contribution in [1.82, 2.24) is 0 Å². The summed E-state index contributed by atoms with van der Waals surface area (Å²) in [4.78, 5) is 10.7. The summed E-state index contributed by atoms with van der Waals surface area (Å²) in [5.74, 6) is 0.351. The molecule has 0 saturated heterocycles. The maximum absolute atomic E-state index is 10.7. The number of carboxylic acid groups (broad SMARTS) is 1. The number of hydrogen-bond donors (Lipinski definition) is 1. The summed E-state index contributed by atoms with van der Waals surface area (Å²) in [6, 6.07) is 5.53. The molecule has 1 N–H and O–H groups in total. The third-order valence-electron chi connectivity index (χ3n) is 3.30. The Labute approximate surface area is 119 Å². The second-order valence-electron chi connectivity index (χ2n) is 4.80. The van der Waals surface area contributed by atoms with Gasteiger partial charge in [0.25, 0.3) is 0 Å². The molecule has 0 aliphatic heterocycles. The van der Waals surface area contributed by atoms with Gasteiger partial charge < -0.3 is 14.6 Å². The second-order valence-corrected chi connectivity index (χ2v) is 4.80. The second kappa shape index (κ2) is 6.98. The van der Waals surface area contributed by atoms with Crippen LogP contribution in [0.25, 0.3) is 6.08 Å². The molecule has 1 fully saturated rings. The van der Waals surface area contributed by atoms with Crippen molar-refractivity contribution in [3.8, 4) is 11.5 Å². The average molecular weight is 276 g/mol. The lowest BCUT2D eigenvalue weighted by Gasteiger charge is -2.18. The van der Waals surface area contributed by atoms with Crippen molar-refractivity contribution in [2.24, 2.45) is 0 Å². The van der Waals surface area contributed by atoms with Crippen LogP contribution in [-0.2, 0) is 4.79 Å². The molecule has 0 heterocycles. The smallest absolute Gasteiger partial charge is 0.328 e. The molecule has 0 radical (unpaired) electrons. The highest BCUT2D eigenvalue weighted by molar-refractivity contribution is 5.86. The number of hydrogen-bond acceptors (Lipinski definition) is 3. The van der Waals surface area contributed by atoms with Gasteiger partial charge in [-0.3, -0.25) is 0 Å². The lowest BCUT2D eigenvalue weighted by molar-refractivity contribution is -0.131. The van der Waals surface area contributed by atoms with E-state index >= 15 is 0 Å². The molecule has 1 aromatic carbocycles. The third-order valence-corrected chi connectivity index (χ3v) is 3.30. The summed E-state index contributed by atoms with van der Waals surface area (Å²) in [7, 11) is 0. The summed E-state index contributed by atoms with van der Waals surface area (Å²) in [6.45, 7) is 2.46. The van der Waals surface area contributed by atoms with Gasteiger partial charge in [0.15, 0.2) is 11.5 Å². The standard InChI is InChI=1S/C16H20O4/c1-2-19-14-9-5-6-12(10-11-15(17)18)16(14)20-13-7-3-4-8-13/h5-6,9-11,13H,2-4,7-8H2,1H3,(H,17,18)/b11-10-. The lowest BCUT2D eigenvalue weighted by Crippen LogP contribution is -2.12. The molecule has 1 aliphatic carbocycles. The molecule has 0 atom stereocenters. The Kier molecular flexibility index (Phi) is 5.04. The minimum atomic E-state index is -0.973. The first-order valence-electron chi connectivity index (χ1n) is 7.04. The van der Waals surface area contributed by atoms with Crippen LogP contribution in [0.5, 0.6) is 11.5 Å². The molecule has 4 heteroatoms. The number of benzene rings is 1. The van der Waals surface area contributed by atoms with Gasteiger partial charge in [0.1, 0.15) is 0 Å². The van der Waals surface area contributed by atoms with E-state index in [2.05, 4.69) is 0 Å². The van der Waals surface area contributed by atoms with Gasteiger partial charge in [-0.1, -0.05) is 12.1 Å². The van der Waals surface area contributed by atoms with Gasteiger partial charge in [0.05, 0.1) is 12.7 Å². The first kappa shape index (κ1) is 14.4. The minimum absolute atomic E-state index is 0.202. The van der Waals surface area contributed by atoms with E-state index < -0.39 is 5.97 Å². The SMILES string of the molecule is CCOc1cccc(/C=C\C(=O)O)c1OC1CCCC1. The third kappa shape index (κ3) is 3.76. The van der Waals surface area contributed by atoms with Gasteiger partial charge in [-0.05, 0) is 44.7 Å². The molecule has 1 aromatic rings. The Morgan fingerprint density at radius 2 is 2.15 bits per heavy atom. The predicted molar refractivity (Wildman–Crippen MR) is 77.2 cm³/mol. The molecule has 108 valence electrons. The van der Waals surface area contributed by atoms with E-state index in [9.17, 15) is 4.79 Å². The van der Waals surface area contributed by atoms with Gasteiger partial charge in [0, 0.05) is 11.6 Å². The van der Waals surface area contributed by atoms with Crippen molar-refractivity contribution in [3.63, 3.8) is 0 Å². The predicted octanol–water partition coefficient (Wildman–Crippen LogP) is 3.50. The summed E-state index contributed by atoms with van der Waals surface area (Å²) in [5, 5.41) is 8.76.